The van der Waals surface area contributed by atoms with Gasteiger partial charge in [0.1, 0.15) is 4.90 Å². The Labute approximate surface area is 93.6 Å². The van der Waals surface area contributed by atoms with E-state index >= 15 is 0 Å². The molecule has 0 aliphatic rings. The standard InChI is InChI=1S/C10H11N3O2S/c1-8-4-2-3-5-10(8)13-16(14,15)9-6-11-12-7-9/h2-7,13H,1H3,(H,11,12). The van der Waals surface area contributed by atoms with E-state index in [9.17, 15) is 8.42 Å². The number of para-hydroxylation sites is 1. The van der Waals surface area contributed by atoms with Crippen molar-refractivity contribution in [3.05, 3.63) is 42.2 Å². The molecule has 2 rings (SSSR count). The zero-order valence-corrected chi connectivity index (χ0v) is 9.45. The lowest BCUT2D eigenvalue weighted by Gasteiger charge is -2.08. The lowest BCUT2D eigenvalue weighted by molar-refractivity contribution is 0.601. The molecule has 5 nitrogen and oxygen atoms in total. The first-order valence-electron chi connectivity index (χ1n) is 4.67. The smallest absolute Gasteiger partial charge is 0.265 e. The van der Waals surface area contributed by atoms with Gasteiger partial charge in [0.05, 0.1) is 11.9 Å². The van der Waals surface area contributed by atoms with Gasteiger partial charge in [-0.3, -0.25) is 9.82 Å². The summed E-state index contributed by atoms with van der Waals surface area (Å²) in [6.07, 6.45) is 2.60. The van der Waals surface area contributed by atoms with Crippen molar-refractivity contribution in [2.75, 3.05) is 4.72 Å². The van der Waals surface area contributed by atoms with E-state index < -0.39 is 10.0 Å². The van der Waals surface area contributed by atoms with E-state index in [1.54, 1.807) is 12.1 Å². The number of aromatic amines is 1. The Hall–Kier alpha value is -1.82. The maximum atomic E-state index is 11.8. The first-order valence-corrected chi connectivity index (χ1v) is 6.15. The van der Waals surface area contributed by atoms with E-state index in [1.807, 2.05) is 19.1 Å². The lowest BCUT2D eigenvalue weighted by atomic mass is 10.2. The van der Waals surface area contributed by atoms with Crippen LogP contribution in [0.5, 0.6) is 0 Å². The molecule has 0 aliphatic heterocycles. The van der Waals surface area contributed by atoms with Gasteiger partial charge in [0.2, 0.25) is 0 Å². The van der Waals surface area contributed by atoms with Crippen LogP contribution in [0.25, 0.3) is 0 Å². The largest absolute Gasteiger partial charge is 0.284 e. The molecule has 2 N–H and O–H groups in total. The number of nitrogens with one attached hydrogen (secondary N) is 2. The monoisotopic (exact) mass is 237 g/mol. The highest BCUT2D eigenvalue weighted by molar-refractivity contribution is 7.92. The lowest BCUT2D eigenvalue weighted by Crippen LogP contribution is -2.12. The predicted octanol–water partition coefficient (Wildman–Crippen LogP) is 1.52. The maximum absolute atomic E-state index is 11.8. The number of H-pyrrole nitrogens is 1. The van der Waals surface area contributed by atoms with Crippen molar-refractivity contribution in [1.29, 1.82) is 0 Å². The first-order chi connectivity index (χ1) is 7.59. The summed E-state index contributed by atoms with van der Waals surface area (Å²) in [6, 6.07) is 7.19. The van der Waals surface area contributed by atoms with Crippen molar-refractivity contribution in [3.8, 4) is 0 Å². The Morgan fingerprint density at radius 2 is 2.06 bits per heavy atom. The van der Waals surface area contributed by atoms with Gasteiger partial charge in [0.15, 0.2) is 0 Å². The number of hydrogen-bond donors (Lipinski definition) is 2. The van der Waals surface area contributed by atoms with Crippen LogP contribution in [-0.2, 0) is 10.0 Å². The Bertz CT molecular complexity index is 576. The Balaban J connectivity index is 2.33. The summed E-state index contributed by atoms with van der Waals surface area (Å²) in [7, 11) is -3.54. The quantitative estimate of drug-likeness (QED) is 0.849. The van der Waals surface area contributed by atoms with Crippen LogP contribution in [-0.4, -0.2) is 18.6 Å². The Kier molecular flexibility index (Phi) is 2.66. The van der Waals surface area contributed by atoms with Crippen LogP contribution in [0.1, 0.15) is 5.56 Å². The molecule has 16 heavy (non-hydrogen) atoms. The van der Waals surface area contributed by atoms with Crippen LogP contribution in [0.4, 0.5) is 5.69 Å². The number of anilines is 1. The third-order valence-electron chi connectivity index (χ3n) is 2.17. The van der Waals surface area contributed by atoms with Gasteiger partial charge in [-0.1, -0.05) is 18.2 Å². The van der Waals surface area contributed by atoms with Crippen molar-refractivity contribution in [1.82, 2.24) is 10.2 Å². The molecule has 84 valence electrons. The van der Waals surface area contributed by atoms with Crippen molar-refractivity contribution < 1.29 is 8.42 Å². The third-order valence-corrected chi connectivity index (χ3v) is 3.51. The molecule has 1 aromatic carbocycles. The zero-order valence-electron chi connectivity index (χ0n) is 8.64. The van der Waals surface area contributed by atoms with Crippen molar-refractivity contribution in [2.45, 2.75) is 11.8 Å². The molecule has 0 aliphatic carbocycles. The van der Waals surface area contributed by atoms with E-state index in [1.165, 1.54) is 12.4 Å². The van der Waals surface area contributed by atoms with Gasteiger partial charge in [0, 0.05) is 6.20 Å². The van der Waals surface area contributed by atoms with Gasteiger partial charge < -0.3 is 0 Å². The molecule has 6 heteroatoms. The van der Waals surface area contributed by atoms with Gasteiger partial charge in [-0.25, -0.2) is 8.42 Å². The van der Waals surface area contributed by atoms with Crippen LogP contribution in [0.15, 0.2) is 41.6 Å². The van der Waals surface area contributed by atoms with Gasteiger partial charge in [-0.2, -0.15) is 5.10 Å². The molecule has 0 spiro atoms. The molecule has 0 fully saturated rings. The summed E-state index contributed by atoms with van der Waals surface area (Å²) in [6.45, 7) is 1.84. The summed E-state index contributed by atoms with van der Waals surface area (Å²) < 4.78 is 26.2. The number of sulfonamides is 1. The number of hydrogen-bond acceptors (Lipinski definition) is 3. The molecular weight excluding hydrogens is 226 g/mol. The molecular formula is C10H11N3O2S. The molecule has 0 saturated heterocycles. The van der Waals surface area contributed by atoms with Crippen molar-refractivity contribution in [2.24, 2.45) is 0 Å². The van der Waals surface area contributed by atoms with Crippen LogP contribution >= 0.6 is 0 Å². The van der Waals surface area contributed by atoms with E-state index in [0.29, 0.717) is 5.69 Å². The number of aromatic nitrogens is 2. The second-order valence-corrected chi connectivity index (χ2v) is 5.04. The fourth-order valence-electron chi connectivity index (χ4n) is 1.28. The maximum Gasteiger partial charge on any atom is 0.265 e. The zero-order chi connectivity index (χ0) is 11.6. The minimum Gasteiger partial charge on any atom is -0.284 e. The average molecular weight is 237 g/mol. The molecule has 1 heterocycles. The summed E-state index contributed by atoms with van der Waals surface area (Å²) in [5.41, 5.74) is 1.44. The summed E-state index contributed by atoms with van der Waals surface area (Å²) >= 11 is 0. The van der Waals surface area contributed by atoms with Crippen LogP contribution in [0.3, 0.4) is 0 Å². The summed E-state index contributed by atoms with van der Waals surface area (Å²) in [5.74, 6) is 0. The van der Waals surface area contributed by atoms with E-state index in [4.69, 9.17) is 0 Å². The Morgan fingerprint density at radius 3 is 2.69 bits per heavy atom. The molecule has 0 bridgehead atoms. The topological polar surface area (TPSA) is 74.8 Å². The predicted molar refractivity (Wildman–Crippen MR) is 60.6 cm³/mol. The fourth-order valence-corrected chi connectivity index (χ4v) is 2.31. The Morgan fingerprint density at radius 1 is 1.31 bits per heavy atom. The molecule has 0 radical (unpaired) electrons. The van der Waals surface area contributed by atoms with Gasteiger partial charge >= 0.3 is 0 Å². The highest BCUT2D eigenvalue weighted by Crippen LogP contribution is 2.18. The number of rotatable bonds is 3. The SMILES string of the molecule is Cc1ccccc1NS(=O)(=O)c1cn[nH]c1. The highest BCUT2D eigenvalue weighted by atomic mass is 32.2. The van der Waals surface area contributed by atoms with E-state index in [-0.39, 0.29) is 4.90 Å². The van der Waals surface area contributed by atoms with Crippen LogP contribution < -0.4 is 4.72 Å². The first kappa shape index (κ1) is 10.7. The van der Waals surface area contributed by atoms with Crippen LogP contribution in [0, 0.1) is 6.92 Å². The third kappa shape index (κ3) is 2.06. The van der Waals surface area contributed by atoms with Crippen molar-refractivity contribution >= 4 is 15.7 Å². The second-order valence-electron chi connectivity index (χ2n) is 3.35. The fraction of sp³-hybridized carbons (Fsp3) is 0.100. The number of aryl methyl sites for hydroxylation is 1. The average Bonchev–Trinajstić information content (AvgIpc) is 2.75. The van der Waals surface area contributed by atoms with Crippen molar-refractivity contribution in [3.63, 3.8) is 0 Å². The van der Waals surface area contributed by atoms with Gasteiger partial charge in [0.25, 0.3) is 10.0 Å². The highest BCUT2D eigenvalue weighted by Gasteiger charge is 2.15. The molecule has 2 aromatic rings. The summed E-state index contributed by atoms with van der Waals surface area (Å²) in [4.78, 5) is 0.121. The van der Waals surface area contributed by atoms with Gasteiger partial charge in [-0.05, 0) is 18.6 Å². The van der Waals surface area contributed by atoms with Gasteiger partial charge in [-0.15, -0.1) is 0 Å². The van der Waals surface area contributed by atoms with Crippen LogP contribution in [0.2, 0.25) is 0 Å². The molecule has 0 unspecified atom stereocenters. The minimum absolute atomic E-state index is 0.121. The normalized spacial score (nSPS) is 11.3. The second kappa shape index (κ2) is 3.97. The molecule has 0 atom stereocenters. The summed E-state index contributed by atoms with van der Waals surface area (Å²) in [5, 5.41) is 6.08. The van der Waals surface area contributed by atoms with E-state index in [0.717, 1.165) is 5.56 Å². The minimum atomic E-state index is -3.54. The molecule has 0 saturated carbocycles. The van der Waals surface area contributed by atoms with E-state index in [2.05, 4.69) is 14.9 Å². The number of benzene rings is 1. The number of nitrogens with zero attached hydrogens (tertiary/aromatic N) is 1. The molecule has 0 amide bonds. The molecule has 1 aromatic heterocycles.